The predicted molar refractivity (Wildman–Crippen MR) is 487 cm³/mol. The van der Waals surface area contributed by atoms with Crippen molar-refractivity contribution in [3.8, 4) is 111 Å². The molecule has 0 saturated heterocycles. The number of rotatable bonds is 16. The first-order chi connectivity index (χ1) is 56.5. The predicted octanol–water partition coefficient (Wildman–Crippen LogP) is 31.6. The summed E-state index contributed by atoms with van der Waals surface area (Å²) in [4.78, 5) is 4.70. The van der Waals surface area contributed by atoms with Gasteiger partial charge in [-0.3, -0.25) is 0 Å². The highest BCUT2D eigenvalue weighted by Crippen LogP contribution is 2.43. The van der Waals surface area contributed by atoms with Crippen molar-refractivity contribution in [1.29, 1.82) is 0 Å². The molecule has 536 valence electrons. The van der Waals surface area contributed by atoms with Gasteiger partial charge in [0, 0.05) is 34.1 Å². The number of anilines is 6. The van der Waals surface area contributed by atoms with Gasteiger partial charge in [-0.05, 0) is 245 Å². The van der Waals surface area contributed by atoms with Crippen LogP contribution in [0.4, 0.5) is 34.1 Å². The summed E-state index contributed by atoms with van der Waals surface area (Å²) in [7, 11) is 0. The zero-order valence-corrected chi connectivity index (χ0v) is 62.9. The molecule has 0 spiro atoms. The van der Waals surface area contributed by atoms with Crippen LogP contribution < -0.4 is 9.80 Å². The SMILES string of the molecule is c1ccc(-c2cccc(-c3ccc(N(c4ccc(-c5ccc(-c6ccc7ccccc7c6)cc5)cc4)c4ccc(-c5cccc6ccccc56)cc4)cc3)c2)cc1.c1ccc(-c2cccc(-c3ccc(N(c4ccc(-c5ccc(-c6cccc7ccccc67)cc5)cc4)c4ccc(-c5cccc6ccccc56)cc4)cc3)c2)cc1. The van der Waals surface area contributed by atoms with Crippen LogP contribution in [0.3, 0.4) is 0 Å². The van der Waals surface area contributed by atoms with Gasteiger partial charge < -0.3 is 9.80 Å². The Labute approximate surface area is 667 Å². The standard InChI is InChI=1S/2C56H39N/c1-2-11-40(12-3-1)48-17-8-18-49(39-48)43-29-35-51(36-30-43)57(52-37-31-47(32-38-52)56-22-10-16-45-14-5-7-20-54(45)56)50-33-27-42(28-34-50)41-23-25-46(26-24-41)55-21-9-15-44-13-4-6-19-53(44)55;1-2-10-40(11-3-1)49-16-8-17-50(38-49)45-28-34-53(35-29-45)57(54-36-30-47(31-37-54)56-19-9-15-46-13-6-7-18-55(46)56)52-32-26-43(27-33-52)42-20-22-44(23-21-42)51-25-24-41-12-4-5-14-48(41)39-51/h2*1-39H. The van der Waals surface area contributed by atoms with Gasteiger partial charge in [-0.1, -0.05) is 382 Å². The van der Waals surface area contributed by atoms with Crippen LogP contribution in [-0.2, 0) is 0 Å². The van der Waals surface area contributed by atoms with Crippen LogP contribution in [0.25, 0.3) is 154 Å². The third-order valence-corrected chi connectivity index (χ3v) is 22.2. The quantitative estimate of drug-likeness (QED) is 0.0951. The van der Waals surface area contributed by atoms with E-state index in [0.29, 0.717) is 0 Å². The minimum Gasteiger partial charge on any atom is -0.311 e. The average Bonchev–Trinajstić information content (AvgIpc) is 0.792. The van der Waals surface area contributed by atoms with Crippen molar-refractivity contribution < 1.29 is 0 Å². The Hall–Kier alpha value is -15.0. The van der Waals surface area contributed by atoms with Gasteiger partial charge in [-0.15, -0.1) is 0 Å². The van der Waals surface area contributed by atoms with Gasteiger partial charge in [0.15, 0.2) is 0 Å². The molecule has 0 N–H and O–H groups in total. The third-order valence-electron chi connectivity index (χ3n) is 22.2. The molecule has 2 heteroatoms. The molecule has 0 aromatic heterocycles. The molecule has 20 rings (SSSR count). The summed E-state index contributed by atoms with van der Waals surface area (Å²) >= 11 is 0. The Kier molecular flexibility index (Phi) is 19.2. The number of hydrogen-bond donors (Lipinski definition) is 0. The van der Waals surface area contributed by atoms with E-state index in [1.54, 1.807) is 0 Å². The Morgan fingerprint density at radius 3 is 0.614 bits per heavy atom. The monoisotopic (exact) mass is 1450 g/mol. The summed E-state index contributed by atoms with van der Waals surface area (Å²) in [6, 6.07) is 171. The molecule has 20 aromatic rings. The Morgan fingerprint density at radius 2 is 0.298 bits per heavy atom. The van der Waals surface area contributed by atoms with E-state index in [1.165, 1.54) is 154 Å². The maximum Gasteiger partial charge on any atom is 0.0462 e. The highest BCUT2D eigenvalue weighted by Gasteiger charge is 2.19. The molecule has 0 fully saturated rings. The normalized spacial score (nSPS) is 11.2. The molecule has 0 saturated carbocycles. The van der Waals surface area contributed by atoms with Crippen molar-refractivity contribution in [2.45, 2.75) is 0 Å². The fourth-order valence-corrected chi connectivity index (χ4v) is 16.2. The van der Waals surface area contributed by atoms with Gasteiger partial charge in [-0.25, -0.2) is 0 Å². The lowest BCUT2D eigenvalue weighted by Crippen LogP contribution is -2.09. The van der Waals surface area contributed by atoms with E-state index >= 15 is 0 Å². The Balaban J connectivity index is 0.000000153. The van der Waals surface area contributed by atoms with Crippen molar-refractivity contribution >= 4 is 77.2 Å². The van der Waals surface area contributed by atoms with Gasteiger partial charge in [0.05, 0.1) is 0 Å². The summed E-state index contributed by atoms with van der Waals surface area (Å²) in [5, 5.41) is 10.1. The summed E-state index contributed by atoms with van der Waals surface area (Å²) in [5.41, 5.74) is 30.8. The smallest absolute Gasteiger partial charge is 0.0462 e. The highest BCUT2D eigenvalue weighted by molar-refractivity contribution is 6.00. The summed E-state index contributed by atoms with van der Waals surface area (Å²) in [5.74, 6) is 0. The van der Waals surface area contributed by atoms with Gasteiger partial charge >= 0.3 is 0 Å². The molecule has 2 nitrogen and oxygen atoms in total. The van der Waals surface area contributed by atoms with Crippen LogP contribution in [0.5, 0.6) is 0 Å². The van der Waals surface area contributed by atoms with Gasteiger partial charge in [0.1, 0.15) is 0 Å². The van der Waals surface area contributed by atoms with Crippen LogP contribution in [0.2, 0.25) is 0 Å². The topological polar surface area (TPSA) is 6.48 Å². The second kappa shape index (κ2) is 31.6. The zero-order chi connectivity index (χ0) is 75.9. The van der Waals surface area contributed by atoms with E-state index < -0.39 is 0 Å². The first kappa shape index (κ1) is 69.5. The lowest BCUT2D eigenvalue weighted by Gasteiger charge is -2.26. The fraction of sp³-hybridized carbons (Fsp3) is 0. The van der Waals surface area contributed by atoms with Gasteiger partial charge in [-0.2, -0.15) is 0 Å². The van der Waals surface area contributed by atoms with Crippen molar-refractivity contribution in [2.24, 2.45) is 0 Å². The lowest BCUT2D eigenvalue weighted by molar-refractivity contribution is 1.28. The lowest BCUT2D eigenvalue weighted by atomic mass is 9.96. The van der Waals surface area contributed by atoms with Gasteiger partial charge in [0.25, 0.3) is 0 Å². The molecule has 0 bridgehead atoms. The maximum absolute atomic E-state index is 2.35. The highest BCUT2D eigenvalue weighted by atomic mass is 15.1. The van der Waals surface area contributed by atoms with Crippen LogP contribution in [-0.4, -0.2) is 0 Å². The number of benzene rings is 20. The molecule has 0 radical (unpaired) electrons. The fourth-order valence-electron chi connectivity index (χ4n) is 16.2. The first-order valence-corrected chi connectivity index (χ1v) is 39.2. The van der Waals surface area contributed by atoms with Crippen molar-refractivity contribution in [3.05, 3.63) is 473 Å². The zero-order valence-electron chi connectivity index (χ0n) is 62.9. The average molecular weight is 1450 g/mol. The van der Waals surface area contributed by atoms with Crippen LogP contribution in [0, 0.1) is 0 Å². The van der Waals surface area contributed by atoms with E-state index in [4.69, 9.17) is 0 Å². The number of fused-ring (bicyclic) bond motifs is 4. The molecule has 0 aliphatic heterocycles. The number of hydrogen-bond acceptors (Lipinski definition) is 2. The van der Waals surface area contributed by atoms with Crippen LogP contribution in [0.15, 0.2) is 473 Å². The molecule has 0 amide bonds. The van der Waals surface area contributed by atoms with E-state index in [1.807, 2.05) is 0 Å². The van der Waals surface area contributed by atoms with E-state index in [0.717, 1.165) is 34.1 Å². The van der Waals surface area contributed by atoms with E-state index in [-0.39, 0.29) is 0 Å². The third kappa shape index (κ3) is 14.5. The van der Waals surface area contributed by atoms with E-state index in [9.17, 15) is 0 Å². The summed E-state index contributed by atoms with van der Waals surface area (Å²) in [6.45, 7) is 0. The van der Waals surface area contributed by atoms with Gasteiger partial charge in [0.2, 0.25) is 0 Å². The molecule has 0 heterocycles. The molecular formula is C112H78N2. The van der Waals surface area contributed by atoms with Crippen molar-refractivity contribution in [1.82, 2.24) is 0 Å². The molecule has 20 aromatic carbocycles. The molecule has 0 aliphatic carbocycles. The molecule has 0 atom stereocenters. The molecule has 0 unspecified atom stereocenters. The van der Waals surface area contributed by atoms with Crippen LogP contribution in [0.1, 0.15) is 0 Å². The summed E-state index contributed by atoms with van der Waals surface area (Å²) in [6.07, 6.45) is 0. The minimum atomic E-state index is 1.10. The second-order valence-electron chi connectivity index (χ2n) is 29.1. The van der Waals surface area contributed by atoms with Crippen LogP contribution >= 0.6 is 0 Å². The number of nitrogens with zero attached hydrogens (tertiary/aromatic N) is 2. The minimum absolute atomic E-state index is 1.10. The molecule has 114 heavy (non-hydrogen) atoms. The largest absolute Gasteiger partial charge is 0.311 e. The first-order valence-electron chi connectivity index (χ1n) is 39.2. The second-order valence-corrected chi connectivity index (χ2v) is 29.1. The van der Waals surface area contributed by atoms with E-state index in [2.05, 4.69) is 483 Å². The van der Waals surface area contributed by atoms with Crippen molar-refractivity contribution in [2.75, 3.05) is 9.80 Å². The Morgan fingerprint density at radius 1 is 0.105 bits per heavy atom. The Bertz CT molecular complexity index is 6730. The van der Waals surface area contributed by atoms with Crippen molar-refractivity contribution in [3.63, 3.8) is 0 Å². The summed E-state index contributed by atoms with van der Waals surface area (Å²) < 4.78 is 0. The molecular weight excluding hydrogens is 1370 g/mol. The molecule has 0 aliphatic rings. The maximum atomic E-state index is 2.35.